The molecule has 1 atom stereocenters. The molecule has 0 saturated carbocycles. The van der Waals surface area contributed by atoms with Gasteiger partial charge in [0, 0.05) is 19.3 Å². The molecule has 0 radical (unpaired) electrons. The highest BCUT2D eigenvalue weighted by Gasteiger charge is 2.19. The van der Waals surface area contributed by atoms with Crippen LogP contribution in [0, 0.1) is 0 Å². The number of unbranched alkanes of at least 4 members (excludes halogenated alkanes) is 13. The molecule has 376 valence electrons. The molecule has 6 nitrogen and oxygen atoms in total. The Hall–Kier alpha value is -4.45. The van der Waals surface area contributed by atoms with Gasteiger partial charge < -0.3 is 14.2 Å². The van der Waals surface area contributed by atoms with E-state index in [1.54, 1.807) is 0 Å². The number of ether oxygens (including phenoxy) is 3. The van der Waals surface area contributed by atoms with E-state index in [1.807, 2.05) is 0 Å². The lowest BCUT2D eigenvalue weighted by Gasteiger charge is -2.18. The molecule has 0 aliphatic heterocycles. The van der Waals surface area contributed by atoms with Crippen molar-refractivity contribution < 1.29 is 28.6 Å². The van der Waals surface area contributed by atoms with E-state index in [-0.39, 0.29) is 44.0 Å². The Balaban J connectivity index is 4.60. The SMILES string of the molecule is CC/C=C\C/C=C\C/C=C\C/C=C\C/C=C\CCCC(=O)OC[C@H](COC(=O)CCCCCC/C=C\C/C=C\C/C=C\CCCCC)OC(=O)CCCC/C=C\C/C=C\C/C=C\CCCCC. The Morgan fingerprint density at radius 3 is 0.985 bits per heavy atom. The third kappa shape index (κ3) is 52.4. The zero-order valence-electron chi connectivity index (χ0n) is 42.9. The standard InChI is InChI=1S/C61H96O6/c1-4-7-10-13-16-19-22-25-28-30-33-35-38-41-44-47-50-53-59(62)65-56-58(67-61(64)55-52-49-46-43-40-37-32-27-24-21-18-15-12-9-6-3)57-66-60(63)54-51-48-45-42-39-36-34-31-29-26-23-20-17-14-11-8-5-2/h7,10,16-21,25-29,32-36,40-41,43-44,58H,4-6,8-9,11-15,22-24,30-31,37-39,42,45-57H2,1-3H3/b10-7-,19-16-,20-17-,21-18-,28-25-,29-26-,32-27-,35-33-,36-34-,43-40-,44-41-/t58-/m1/s1. The summed E-state index contributed by atoms with van der Waals surface area (Å²) >= 11 is 0. The fourth-order valence-electron chi connectivity index (χ4n) is 6.61. The van der Waals surface area contributed by atoms with Gasteiger partial charge in [0.15, 0.2) is 6.10 Å². The number of rotatable bonds is 46. The monoisotopic (exact) mass is 925 g/mol. The smallest absolute Gasteiger partial charge is 0.306 e. The number of carbonyl (C=O) groups excluding carboxylic acids is 3. The molecule has 0 saturated heterocycles. The van der Waals surface area contributed by atoms with Gasteiger partial charge >= 0.3 is 17.9 Å². The van der Waals surface area contributed by atoms with Crippen LogP contribution in [0.4, 0.5) is 0 Å². The van der Waals surface area contributed by atoms with E-state index in [2.05, 4.69) is 154 Å². The predicted octanol–water partition coefficient (Wildman–Crippen LogP) is 17.9. The minimum absolute atomic E-state index is 0.128. The maximum atomic E-state index is 12.8. The number of hydrogen-bond donors (Lipinski definition) is 0. The van der Waals surface area contributed by atoms with Crippen LogP contribution in [0.15, 0.2) is 134 Å². The second-order valence-electron chi connectivity index (χ2n) is 17.0. The second kappa shape index (κ2) is 54.2. The van der Waals surface area contributed by atoms with Crippen LogP contribution in [-0.4, -0.2) is 37.2 Å². The van der Waals surface area contributed by atoms with Crippen molar-refractivity contribution in [2.75, 3.05) is 13.2 Å². The third-order valence-corrected chi connectivity index (χ3v) is 10.6. The van der Waals surface area contributed by atoms with Crippen molar-refractivity contribution >= 4 is 17.9 Å². The highest BCUT2D eigenvalue weighted by molar-refractivity contribution is 5.71. The van der Waals surface area contributed by atoms with Crippen LogP contribution in [-0.2, 0) is 28.6 Å². The Labute approximate surface area is 411 Å². The lowest BCUT2D eigenvalue weighted by atomic mass is 10.1. The van der Waals surface area contributed by atoms with Crippen LogP contribution in [0.2, 0.25) is 0 Å². The molecule has 0 unspecified atom stereocenters. The molecule has 0 aliphatic rings. The van der Waals surface area contributed by atoms with E-state index < -0.39 is 6.10 Å². The molecule has 0 aliphatic carbocycles. The number of allylic oxidation sites excluding steroid dienone is 22. The Morgan fingerprint density at radius 1 is 0.313 bits per heavy atom. The van der Waals surface area contributed by atoms with Crippen molar-refractivity contribution in [3.05, 3.63) is 134 Å². The molecule has 0 spiro atoms. The molecule has 0 aromatic carbocycles. The van der Waals surface area contributed by atoms with Crippen molar-refractivity contribution in [2.24, 2.45) is 0 Å². The fourth-order valence-corrected chi connectivity index (χ4v) is 6.61. The zero-order chi connectivity index (χ0) is 48.6. The van der Waals surface area contributed by atoms with Gasteiger partial charge in [0.2, 0.25) is 0 Å². The third-order valence-electron chi connectivity index (χ3n) is 10.6. The van der Waals surface area contributed by atoms with Crippen LogP contribution in [0.3, 0.4) is 0 Å². The maximum Gasteiger partial charge on any atom is 0.306 e. The van der Waals surface area contributed by atoms with Crippen LogP contribution in [0.5, 0.6) is 0 Å². The van der Waals surface area contributed by atoms with Crippen LogP contribution in [0.25, 0.3) is 0 Å². The van der Waals surface area contributed by atoms with E-state index in [9.17, 15) is 14.4 Å². The molecule has 0 N–H and O–H groups in total. The Kier molecular flexibility index (Phi) is 50.6. The quantitative estimate of drug-likeness (QED) is 0.0262. The van der Waals surface area contributed by atoms with E-state index in [4.69, 9.17) is 14.2 Å². The van der Waals surface area contributed by atoms with Crippen molar-refractivity contribution in [2.45, 2.75) is 219 Å². The topological polar surface area (TPSA) is 78.9 Å². The first-order valence-electron chi connectivity index (χ1n) is 26.7. The number of carbonyl (C=O) groups is 3. The van der Waals surface area contributed by atoms with Gasteiger partial charge in [-0.2, -0.15) is 0 Å². The molecule has 0 rings (SSSR count). The van der Waals surface area contributed by atoms with Crippen LogP contribution >= 0.6 is 0 Å². The van der Waals surface area contributed by atoms with Crippen LogP contribution < -0.4 is 0 Å². The first-order valence-corrected chi connectivity index (χ1v) is 26.7. The van der Waals surface area contributed by atoms with Gasteiger partial charge in [-0.15, -0.1) is 0 Å². The van der Waals surface area contributed by atoms with Gasteiger partial charge in [0.25, 0.3) is 0 Å². The summed E-state index contributed by atoms with van der Waals surface area (Å²) in [5.74, 6) is -1.06. The highest BCUT2D eigenvalue weighted by Crippen LogP contribution is 2.11. The normalized spacial score (nSPS) is 13.2. The molecule has 67 heavy (non-hydrogen) atoms. The van der Waals surface area contributed by atoms with Gasteiger partial charge in [0.05, 0.1) is 0 Å². The van der Waals surface area contributed by atoms with Crippen LogP contribution in [0.1, 0.15) is 213 Å². The van der Waals surface area contributed by atoms with Gasteiger partial charge in [-0.3, -0.25) is 14.4 Å². The van der Waals surface area contributed by atoms with Gasteiger partial charge in [-0.1, -0.05) is 193 Å². The molecular formula is C61H96O6. The molecule has 0 fully saturated rings. The van der Waals surface area contributed by atoms with E-state index >= 15 is 0 Å². The fraction of sp³-hybridized carbons (Fsp3) is 0.590. The molecule has 0 bridgehead atoms. The van der Waals surface area contributed by atoms with E-state index in [0.717, 1.165) is 109 Å². The van der Waals surface area contributed by atoms with Gasteiger partial charge in [0.1, 0.15) is 13.2 Å². The van der Waals surface area contributed by atoms with Crippen molar-refractivity contribution in [1.29, 1.82) is 0 Å². The van der Waals surface area contributed by atoms with Crippen molar-refractivity contribution in [3.63, 3.8) is 0 Å². The molecule has 0 heterocycles. The maximum absolute atomic E-state index is 12.8. The first kappa shape index (κ1) is 62.5. The molecular weight excluding hydrogens is 829 g/mol. The Morgan fingerprint density at radius 2 is 0.597 bits per heavy atom. The molecule has 6 heteroatoms. The van der Waals surface area contributed by atoms with Crippen molar-refractivity contribution in [1.82, 2.24) is 0 Å². The van der Waals surface area contributed by atoms with Crippen molar-refractivity contribution in [3.8, 4) is 0 Å². The summed E-state index contributed by atoms with van der Waals surface area (Å²) in [5.41, 5.74) is 0. The summed E-state index contributed by atoms with van der Waals surface area (Å²) in [6.07, 6.45) is 75.8. The summed E-state index contributed by atoms with van der Waals surface area (Å²) in [6, 6.07) is 0. The summed E-state index contributed by atoms with van der Waals surface area (Å²) in [4.78, 5) is 38.0. The summed E-state index contributed by atoms with van der Waals surface area (Å²) in [7, 11) is 0. The number of esters is 3. The lowest BCUT2D eigenvalue weighted by Crippen LogP contribution is -2.30. The average Bonchev–Trinajstić information content (AvgIpc) is 3.33. The van der Waals surface area contributed by atoms with Gasteiger partial charge in [-0.25, -0.2) is 0 Å². The minimum Gasteiger partial charge on any atom is -0.462 e. The van der Waals surface area contributed by atoms with E-state index in [1.165, 1.54) is 51.4 Å². The molecule has 0 aromatic heterocycles. The van der Waals surface area contributed by atoms with Gasteiger partial charge in [-0.05, 0) is 135 Å². The lowest BCUT2D eigenvalue weighted by molar-refractivity contribution is -0.167. The zero-order valence-corrected chi connectivity index (χ0v) is 42.9. The summed E-state index contributed by atoms with van der Waals surface area (Å²) < 4.78 is 16.7. The average molecular weight is 925 g/mol. The summed E-state index contributed by atoms with van der Waals surface area (Å²) in [6.45, 7) is 6.35. The number of hydrogen-bond acceptors (Lipinski definition) is 6. The highest BCUT2D eigenvalue weighted by atomic mass is 16.6. The summed E-state index contributed by atoms with van der Waals surface area (Å²) in [5, 5.41) is 0. The van der Waals surface area contributed by atoms with E-state index in [0.29, 0.717) is 19.3 Å². The first-order chi connectivity index (χ1) is 33.0. The molecule has 0 aromatic rings. The Bertz CT molecular complexity index is 1480. The second-order valence-corrected chi connectivity index (χ2v) is 17.0. The predicted molar refractivity (Wildman–Crippen MR) is 288 cm³/mol. The minimum atomic E-state index is -0.835. The largest absolute Gasteiger partial charge is 0.462 e. The molecule has 0 amide bonds.